The average Bonchev–Trinajstić information content (AvgIpc) is 2.27. The van der Waals surface area contributed by atoms with Gasteiger partial charge in [-0.3, -0.25) is 4.79 Å². The lowest BCUT2D eigenvalue weighted by Crippen LogP contribution is -2.04. The van der Waals surface area contributed by atoms with Gasteiger partial charge in [0.2, 0.25) is 0 Å². The van der Waals surface area contributed by atoms with Gasteiger partial charge in [-0.05, 0) is 18.2 Å². The van der Waals surface area contributed by atoms with Gasteiger partial charge in [0, 0.05) is 16.4 Å². The molecule has 0 saturated carbocycles. The molecule has 1 aromatic carbocycles. The summed E-state index contributed by atoms with van der Waals surface area (Å²) in [5.74, 6) is 0.305. The molecule has 0 amide bonds. The SMILES string of the molecule is O=C(O)CSCCSc1cccc(C(F)(F)F)c1. The summed E-state index contributed by atoms with van der Waals surface area (Å²) in [5.41, 5.74) is -0.661. The van der Waals surface area contributed by atoms with Crippen molar-refractivity contribution < 1.29 is 23.1 Å². The second kappa shape index (κ2) is 6.94. The van der Waals surface area contributed by atoms with Gasteiger partial charge >= 0.3 is 12.1 Å². The van der Waals surface area contributed by atoms with E-state index in [9.17, 15) is 18.0 Å². The monoisotopic (exact) mass is 296 g/mol. The lowest BCUT2D eigenvalue weighted by molar-refractivity contribution is -0.137. The predicted octanol–water partition coefficient (Wildman–Crippen LogP) is 3.62. The third-order valence-electron chi connectivity index (χ3n) is 1.88. The maximum absolute atomic E-state index is 12.4. The van der Waals surface area contributed by atoms with Crippen LogP contribution < -0.4 is 0 Å². The van der Waals surface area contributed by atoms with E-state index in [4.69, 9.17) is 5.11 Å². The van der Waals surface area contributed by atoms with Crippen LogP contribution in [0.15, 0.2) is 29.2 Å². The van der Waals surface area contributed by atoms with E-state index < -0.39 is 17.7 Å². The molecule has 0 radical (unpaired) electrons. The summed E-state index contributed by atoms with van der Waals surface area (Å²) in [6, 6.07) is 5.12. The van der Waals surface area contributed by atoms with Crippen LogP contribution >= 0.6 is 23.5 Å². The van der Waals surface area contributed by atoms with Gasteiger partial charge in [0.25, 0.3) is 0 Å². The molecule has 0 aliphatic heterocycles. The third kappa shape index (κ3) is 5.68. The molecule has 0 unspecified atom stereocenters. The number of hydrogen-bond acceptors (Lipinski definition) is 3. The number of rotatable bonds is 6. The molecule has 0 aliphatic rings. The number of carboxylic acid groups (broad SMARTS) is 1. The second-order valence-corrected chi connectivity index (χ2v) is 5.59. The minimum atomic E-state index is -4.32. The molecular weight excluding hydrogens is 285 g/mol. The number of aliphatic carboxylic acids is 1. The third-order valence-corrected chi connectivity index (χ3v) is 4.08. The average molecular weight is 296 g/mol. The first-order valence-corrected chi connectivity index (χ1v) is 7.13. The van der Waals surface area contributed by atoms with Crippen LogP contribution in [0.5, 0.6) is 0 Å². The van der Waals surface area contributed by atoms with E-state index in [0.29, 0.717) is 16.4 Å². The fraction of sp³-hybridized carbons (Fsp3) is 0.364. The van der Waals surface area contributed by atoms with E-state index in [0.717, 1.165) is 12.1 Å². The van der Waals surface area contributed by atoms with Gasteiger partial charge in [-0.25, -0.2) is 0 Å². The Morgan fingerprint density at radius 3 is 2.61 bits per heavy atom. The van der Waals surface area contributed by atoms with Crippen molar-refractivity contribution in [1.82, 2.24) is 0 Å². The second-order valence-electron chi connectivity index (χ2n) is 3.32. The van der Waals surface area contributed by atoms with Crippen molar-refractivity contribution in [2.24, 2.45) is 0 Å². The van der Waals surface area contributed by atoms with Crippen LogP contribution in [0.4, 0.5) is 13.2 Å². The van der Waals surface area contributed by atoms with Crippen LogP contribution in [0.1, 0.15) is 5.56 Å². The number of alkyl halides is 3. The van der Waals surface area contributed by atoms with Gasteiger partial charge in [0.1, 0.15) is 0 Å². The maximum Gasteiger partial charge on any atom is 0.416 e. The number of thioether (sulfide) groups is 2. The number of hydrogen-bond donors (Lipinski definition) is 1. The molecule has 2 nitrogen and oxygen atoms in total. The molecular formula is C11H11F3O2S2. The van der Waals surface area contributed by atoms with E-state index in [2.05, 4.69) is 0 Å². The predicted molar refractivity (Wildman–Crippen MR) is 67.1 cm³/mol. The minimum Gasteiger partial charge on any atom is -0.481 e. The molecule has 7 heteroatoms. The van der Waals surface area contributed by atoms with Crippen LogP contribution in [0.2, 0.25) is 0 Å². The van der Waals surface area contributed by atoms with E-state index >= 15 is 0 Å². The number of halogens is 3. The van der Waals surface area contributed by atoms with Gasteiger partial charge in [-0.1, -0.05) is 6.07 Å². The molecule has 1 rings (SSSR count). The lowest BCUT2D eigenvalue weighted by atomic mass is 10.2. The molecule has 0 aromatic heterocycles. The molecule has 1 N–H and O–H groups in total. The Labute approximate surface area is 111 Å². The van der Waals surface area contributed by atoms with E-state index in [-0.39, 0.29) is 5.75 Å². The van der Waals surface area contributed by atoms with Crippen LogP contribution in [0, 0.1) is 0 Å². The summed E-state index contributed by atoms with van der Waals surface area (Å²) < 4.78 is 37.3. The standard InChI is InChI=1S/C11H11F3O2S2/c12-11(13,14)8-2-1-3-9(6-8)18-5-4-17-7-10(15)16/h1-3,6H,4-5,7H2,(H,15,16). The number of carboxylic acids is 1. The Balaban J connectivity index is 2.41. The smallest absolute Gasteiger partial charge is 0.416 e. The Hall–Kier alpha value is -0.820. The Bertz CT molecular complexity index is 408. The maximum atomic E-state index is 12.4. The number of benzene rings is 1. The molecule has 0 spiro atoms. The normalized spacial score (nSPS) is 11.5. The first-order chi connectivity index (χ1) is 8.39. The molecule has 0 fully saturated rings. The van der Waals surface area contributed by atoms with Crippen LogP contribution in [0.3, 0.4) is 0 Å². The van der Waals surface area contributed by atoms with Crippen molar-refractivity contribution in [1.29, 1.82) is 0 Å². The first kappa shape index (κ1) is 15.2. The summed E-state index contributed by atoms with van der Waals surface area (Å²) in [5, 5.41) is 8.40. The largest absolute Gasteiger partial charge is 0.481 e. The van der Waals surface area contributed by atoms with Crippen LogP contribution in [-0.4, -0.2) is 28.3 Å². The molecule has 0 heterocycles. The quantitative estimate of drug-likeness (QED) is 0.642. The van der Waals surface area contributed by atoms with Crippen molar-refractivity contribution in [3.05, 3.63) is 29.8 Å². The molecule has 0 aliphatic carbocycles. The highest BCUT2D eigenvalue weighted by Crippen LogP contribution is 2.31. The van der Waals surface area contributed by atoms with Gasteiger partial charge in [0.15, 0.2) is 0 Å². The van der Waals surface area contributed by atoms with Gasteiger partial charge in [0.05, 0.1) is 11.3 Å². The fourth-order valence-electron chi connectivity index (χ4n) is 1.14. The van der Waals surface area contributed by atoms with E-state index in [1.54, 1.807) is 6.07 Å². The van der Waals surface area contributed by atoms with E-state index in [1.165, 1.54) is 29.6 Å². The molecule has 0 bridgehead atoms. The van der Waals surface area contributed by atoms with Gasteiger partial charge < -0.3 is 5.11 Å². The Kier molecular flexibility index (Phi) is 5.87. The van der Waals surface area contributed by atoms with Crippen molar-refractivity contribution >= 4 is 29.5 Å². The van der Waals surface area contributed by atoms with Crippen molar-refractivity contribution in [2.45, 2.75) is 11.1 Å². The molecule has 0 saturated heterocycles. The summed E-state index contributed by atoms with van der Waals surface area (Å²) in [6.07, 6.45) is -4.32. The zero-order chi connectivity index (χ0) is 13.6. The van der Waals surface area contributed by atoms with Crippen LogP contribution in [0.25, 0.3) is 0 Å². The summed E-state index contributed by atoms with van der Waals surface area (Å²) in [6.45, 7) is 0. The van der Waals surface area contributed by atoms with Crippen molar-refractivity contribution in [2.75, 3.05) is 17.3 Å². The molecule has 18 heavy (non-hydrogen) atoms. The highest BCUT2D eigenvalue weighted by Gasteiger charge is 2.30. The highest BCUT2D eigenvalue weighted by molar-refractivity contribution is 8.03. The summed E-state index contributed by atoms with van der Waals surface area (Å²) in [7, 11) is 0. The number of carbonyl (C=O) groups is 1. The molecule has 0 atom stereocenters. The van der Waals surface area contributed by atoms with Gasteiger partial charge in [-0.15, -0.1) is 23.5 Å². The molecule has 1 aromatic rings. The summed E-state index contributed by atoms with van der Waals surface area (Å²) in [4.78, 5) is 10.8. The first-order valence-electron chi connectivity index (χ1n) is 4.99. The van der Waals surface area contributed by atoms with Crippen LogP contribution in [-0.2, 0) is 11.0 Å². The fourth-order valence-corrected chi connectivity index (χ4v) is 2.88. The zero-order valence-corrected chi connectivity index (χ0v) is 10.9. The molecule has 100 valence electrons. The Morgan fingerprint density at radius 1 is 1.28 bits per heavy atom. The Morgan fingerprint density at radius 2 is 2.00 bits per heavy atom. The van der Waals surface area contributed by atoms with Gasteiger partial charge in [-0.2, -0.15) is 13.2 Å². The minimum absolute atomic E-state index is 0.0170. The van der Waals surface area contributed by atoms with E-state index in [1.807, 2.05) is 0 Å². The van der Waals surface area contributed by atoms with Crippen molar-refractivity contribution in [3.8, 4) is 0 Å². The van der Waals surface area contributed by atoms with Crippen molar-refractivity contribution in [3.63, 3.8) is 0 Å². The summed E-state index contributed by atoms with van der Waals surface area (Å²) >= 11 is 2.54. The lowest BCUT2D eigenvalue weighted by Gasteiger charge is -2.08. The highest BCUT2D eigenvalue weighted by atomic mass is 32.2. The topological polar surface area (TPSA) is 37.3 Å². The zero-order valence-electron chi connectivity index (χ0n) is 9.24.